The summed E-state index contributed by atoms with van der Waals surface area (Å²) < 4.78 is 7.30. The van der Waals surface area contributed by atoms with Crippen LogP contribution in [-0.2, 0) is 7.05 Å². The van der Waals surface area contributed by atoms with E-state index in [-0.39, 0.29) is 0 Å². The van der Waals surface area contributed by atoms with Gasteiger partial charge in [-0.3, -0.25) is 0 Å². The number of anilines is 1. The Hall–Kier alpha value is -2.70. The minimum atomic E-state index is -0.510. The highest BCUT2D eigenvalue weighted by Gasteiger charge is 2.23. The number of hydrogen-bond donors (Lipinski definition) is 2. The molecular formula is C19H18Cl2N4O2. The lowest BCUT2D eigenvalue weighted by Gasteiger charge is -2.21. The van der Waals surface area contributed by atoms with E-state index in [1.165, 1.54) is 0 Å². The summed E-state index contributed by atoms with van der Waals surface area (Å²) in [6.07, 6.45) is 3.49. The molecule has 140 valence electrons. The van der Waals surface area contributed by atoms with E-state index in [0.29, 0.717) is 27.3 Å². The van der Waals surface area contributed by atoms with Gasteiger partial charge in [-0.25, -0.2) is 9.78 Å². The number of carbonyl (C=O) groups excluding carboxylic acids is 1. The fourth-order valence-corrected chi connectivity index (χ4v) is 3.01. The van der Waals surface area contributed by atoms with Gasteiger partial charge in [-0.05, 0) is 24.3 Å². The molecule has 1 heterocycles. The van der Waals surface area contributed by atoms with E-state index in [9.17, 15) is 4.79 Å². The molecule has 1 atom stereocenters. The second-order valence-electron chi connectivity index (χ2n) is 5.80. The van der Waals surface area contributed by atoms with Gasteiger partial charge in [0.15, 0.2) is 0 Å². The number of halogens is 2. The number of carbonyl (C=O) groups is 1. The molecule has 8 heteroatoms. The third-order valence-electron chi connectivity index (χ3n) is 4.02. The number of nitrogens with one attached hydrogen (secondary N) is 2. The summed E-state index contributed by atoms with van der Waals surface area (Å²) in [4.78, 5) is 17.0. The number of amides is 2. The van der Waals surface area contributed by atoms with Gasteiger partial charge in [-0.1, -0.05) is 41.4 Å². The highest BCUT2D eigenvalue weighted by Crippen LogP contribution is 2.29. The molecule has 27 heavy (non-hydrogen) atoms. The Morgan fingerprint density at radius 2 is 1.96 bits per heavy atom. The topological polar surface area (TPSA) is 68.2 Å². The molecule has 1 unspecified atom stereocenters. The molecule has 1 aromatic heterocycles. The Morgan fingerprint density at radius 3 is 2.63 bits per heavy atom. The maximum atomic E-state index is 12.6. The number of imidazole rings is 1. The smallest absolute Gasteiger partial charge is 0.320 e. The van der Waals surface area contributed by atoms with Gasteiger partial charge in [-0.15, -0.1) is 0 Å². The van der Waals surface area contributed by atoms with E-state index in [1.807, 2.05) is 42.1 Å². The number of methoxy groups -OCH3 is 1. The minimum Gasteiger partial charge on any atom is -0.496 e. The third-order valence-corrected chi connectivity index (χ3v) is 4.76. The molecule has 0 aliphatic heterocycles. The maximum absolute atomic E-state index is 12.6. The molecule has 0 aliphatic rings. The van der Waals surface area contributed by atoms with E-state index < -0.39 is 12.1 Å². The van der Waals surface area contributed by atoms with Gasteiger partial charge >= 0.3 is 6.03 Å². The molecular weight excluding hydrogens is 387 g/mol. The van der Waals surface area contributed by atoms with Crippen LogP contribution in [0.5, 0.6) is 5.75 Å². The van der Waals surface area contributed by atoms with Crippen LogP contribution in [0.4, 0.5) is 10.5 Å². The van der Waals surface area contributed by atoms with Crippen LogP contribution >= 0.6 is 23.2 Å². The van der Waals surface area contributed by atoms with Crippen molar-refractivity contribution in [1.29, 1.82) is 0 Å². The van der Waals surface area contributed by atoms with Crippen molar-refractivity contribution in [2.45, 2.75) is 6.04 Å². The van der Waals surface area contributed by atoms with Crippen molar-refractivity contribution in [3.8, 4) is 5.75 Å². The van der Waals surface area contributed by atoms with Crippen molar-refractivity contribution in [2.24, 2.45) is 7.05 Å². The molecule has 6 nitrogen and oxygen atoms in total. The Bertz CT molecular complexity index is 958. The second-order valence-corrected chi connectivity index (χ2v) is 6.61. The number of para-hydroxylation sites is 1. The van der Waals surface area contributed by atoms with Crippen molar-refractivity contribution < 1.29 is 9.53 Å². The first-order valence-electron chi connectivity index (χ1n) is 8.12. The summed E-state index contributed by atoms with van der Waals surface area (Å²) >= 11 is 11.9. The highest BCUT2D eigenvalue weighted by atomic mass is 35.5. The molecule has 2 aromatic carbocycles. The zero-order chi connectivity index (χ0) is 19.4. The van der Waals surface area contributed by atoms with E-state index in [4.69, 9.17) is 27.9 Å². The largest absolute Gasteiger partial charge is 0.496 e. The van der Waals surface area contributed by atoms with Crippen LogP contribution in [0.3, 0.4) is 0 Å². The summed E-state index contributed by atoms with van der Waals surface area (Å²) in [6, 6.07) is 11.4. The van der Waals surface area contributed by atoms with Gasteiger partial charge in [0, 0.05) is 30.7 Å². The van der Waals surface area contributed by atoms with E-state index >= 15 is 0 Å². The molecule has 0 fully saturated rings. The Kier molecular flexibility index (Phi) is 5.88. The lowest BCUT2D eigenvalue weighted by Crippen LogP contribution is -2.34. The SMILES string of the molecule is COc1ccccc1C(NC(=O)Nc1ccc(Cl)c(Cl)c1)c1nccn1C. The number of aryl methyl sites for hydroxylation is 1. The number of ether oxygens (including phenoxy) is 1. The Balaban J connectivity index is 1.88. The third kappa shape index (κ3) is 4.35. The van der Waals surface area contributed by atoms with Crippen molar-refractivity contribution in [1.82, 2.24) is 14.9 Å². The van der Waals surface area contributed by atoms with Crippen LogP contribution in [-0.4, -0.2) is 22.7 Å². The first-order chi connectivity index (χ1) is 13.0. The number of nitrogens with zero attached hydrogens (tertiary/aromatic N) is 2. The van der Waals surface area contributed by atoms with Gasteiger partial charge in [-0.2, -0.15) is 0 Å². The molecule has 0 saturated heterocycles. The number of urea groups is 1. The maximum Gasteiger partial charge on any atom is 0.320 e. The normalized spacial score (nSPS) is 11.7. The molecule has 0 spiro atoms. The molecule has 2 amide bonds. The summed E-state index contributed by atoms with van der Waals surface area (Å²) in [7, 11) is 3.45. The number of aromatic nitrogens is 2. The van der Waals surface area contributed by atoms with Crippen molar-refractivity contribution in [3.63, 3.8) is 0 Å². The lowest BCUT2D eigenvalue weighted by atomic mass is 10.0. The van der Waals surface area contributed by atoms with Crippen LogP contribution in [0, 0.1) is 0 Å². The van der Waals surface area contributed by atoms with Crippen LogP contribution in [0.2, 0.25) is 10.0 Å². The summed E-state index contributed by atoms with van der Waals surface area (Å²) in [5, 5.41) is 6.48. The molecule has 0 aliphatic carbocycles. The lowest BCUT2D eigenvalue weighted by molar-refractivity contribution is 0.249. The molecule has 3 rings (SSSR count). The monoisotopic (exact) mass is 404 g/mol. The van der Waals surface area contributed by atoms with E-state index in [1.54, 1.807) is 31.5 Å². The average molecular weight is 405 g/mol. The number of rotatable bonds is 5. The molecule has 2 N–H and O–H groups in total. The van der Waals surface area contributed by atoms with Crippen LogP contribution in [0.1, 0.15) is 17.4 Å². The molecule has 0 radical (unpaired) electrons. The summed E-state index contributed by atoms with van der Waals surface area (Å²) in [5.74, 6) is 1.32. The fraction of sp³-hybridized carbons (Fsp3) is 0.158. The minimum absolute atomic E-state index is 0.361. The van der Waals surface area contributed by atoms with Crippen LogP contribution in [0.25, 0.3) is 0 Å². The zero-order valence-electron chi connectivity index (χ0n) is 14.7. The number of hydrogen-bond acceptors (Lipinski definition) is 3. The predicted octanol–water partition coefficient (Wildman–Crippen LogP) is 4.65. The van der Waals surface area contributed by atoms with Gasteiger partial charge < -0.3 is 19.9 Å². The quantitative estimate of drug-likeness (QED) is 0.650. The van der Waals surface area contributed by atoms with E-state index in [2.05, 4.69) is 15.6 Å². The number of benzene rings is 2. The average Bonchev–Trinajstić information content (AvgIpc) is 3.08. The summed E-state index contributed by atoms with van der Waals surface area (Å²) in [6.45, 7) is 0. The first kappa shape index (κ1) is 19.1. The predicted molar refractivity (Wildman–Crippen MR) is 107 cm³/mol. The molecule has 0 saturated carbocycles. The van der Waals surface area contributed by atoms with Crippen molar-refractivity contribution in [2.75, 3.05) is 12.4 Å². The van der Waals surface area contributed by atoms with E-state index in [0.717, 1.165) is 5.56 Å². The standard InChI is InChI=1S/C19H18Cl2N4O2/c1-25-10-9-22-18(25)17(13-5-3-4-6-16(13)27-2)24-19(26)23-12-7-8-14(20)15(21)11-12/h3-11,17H,1-2H3,(H2,23,24,26). The Labute approximate surface area is 167 Å². The van der Waals surface area contributed by atoms with Gasteiger partial charge in [0.25, 0.3) is 0 Å². The second kappa shape index (κ2) is 8.33. The fourth-order valence-electron chi connectivity index (χ4n) is 2.71. The van der Waals surface area contributed by atoms with Gasteiger partial charge in [0.1, 0.15) is 17.6 Å². The van der Waals surface area contributed by atoms with Crippen molar-refractivity contribution in [3.05, 3.63) is 76.3 Å². The first-order valence-corrected chi connectivity index (χ1v) is 8.88. The zero-order valence-corrected chi connectivity index (χ0v) is 16.3. The van der Waals surface area contributed by atoms with Gasteiger partial charge in [0.05, 0.1) is 17.2 Å². The Morgan fingerprint density at radius 1 is 1.19 bits per heavy atom. The highest BCUT2D eigenvalue weighted by molar-refractivity contribution is 6.42. The van der Waals surface area contributed by atoms with Crippen LogP contribution in [0.15, 0.2) is 54.9 Å². The molecule has 3 aromatic rings. The van der Waals surface area contributed by atoms with Crippen molar-refractivity contribution >= 4 is 34.9 Å². The van der Waals surface area contributed by atoms with Crippen LogP contribution < -0.4 is 15.4 Å². The summed E-state index contributed by atoms with van der Waals surface area (Å²) in [5.41, 5.74) is 1.32. The van der Waals surface area contributed by atoms with Gasteiger partial charge in [0.2, 0.25) is 0 Å². The molecule has 0 bridgehead atoms.